The lowest BCUT2D eigenvalue weighted by Crippen LogP contribution is -2.36. The number of halogens is 1. The molecule has 1 heterocycles. The minimum atomic E-state index is 0.468. The fourth-order valence-electron chi connectivity index (χ4n) is 2.38. The summed E-state index contributed by atoms with van der Waals surface area (Å²) in [5, 5.41) is 4.03. The van der Waals surface area contributed by atoms with Crippen LogP contribution in [-0.4, -0.2) is 32.5 Å². The van der Waals surface area contributed by atoms with Crippen molar-refractivity contribution in [1.29, 1.82) is 0 Å². The van der Waals surface area contributed by atoms with Crippen molar-refractivity contribution in [3.63, 3.8) is 0 Å². The molecule has 23 heavy (non-hydrogen) atoms. The third-order valence-corrected chi connectivity index (χ3v) is 4.22. The van der Waals surface area contributed by atoms with Crippen molar-refractivity contribution in [2.24, 2.45) is 5.16 Å². The number of rotatable bonds is 5. The number of hydrogen-bond acceptors (Lipinski definition) is 4. The molecule has 1 fully saturated rings. The largest absolute Gasteiger partial charge is 0.391 e. The molecule has 0 spiro atoms. The standard InChI is InChI=1S/C18H19BrN2O2/c19-17-5-1-16(2-6-17)14-23-20-13-15-3-7-18(8-4-15)21-9-11-22-12-10-21/h1-8,13H,9-12,14H2. The highest BCUT2D eigenvalue weighted by Crippen LogP contribution is 2.16. The van der Waals surface area contributed by atoms with Crippen molar-refractivity contribution >= 4 is 27.8 Å². The maximum atomic E-state index is 5.37. The second-order valence-electron chi connectivity index (χ2n) is 5.33. The first kappa shape index (κ1) is 16.0. The molecule has 1 aliphatic heterocycles. The highest BCUT2D eigenvalue weighted by Gasteiger charge is 2.10. The smallest absolute Gasteiger partial charge is 0.142 e. The van der Waals surface area contributed by atoms with Gasteiger partial charge in [0, 0.05) is 23.2 Å². The zero-order valence-electron chi connectivity index (χ0n) is 12.8. The molecule has 1 aliphatic rings. The lowest BCUT2D eigenvalue weighted by atomic mass is 10.2. The predicted octanol–water partition coefficient (Wildman–Crippen LogP) is 3.84. The molecule has 2 aromatic carbocycles. The van der Waals surface area contributed by atoms with E-state index in [2.05, 4.69) is 50.3 Å². The normalized spacial score (nSPS) is 15.1. The van der Waals surface area contributed by atoms with Crippen LogP contribution in [0.4, 0.5) is 5.69 Å². The molecule has 1 saturated heterocycles. The summed E-state index contributed by atoms with van der Waals surface area (Å²) in [6.07, 6.45) is 1.74. The molecule has 2 aromatic rings. The van der Waals surface area contributed by atoms with E-state index in [-0.39, 0.29) is 0 Å². The molecule has 0 bridgehead atoms. The number of ether oxygens (including phenoxy) is 1. The molecule has 0 aliphatic carbocycles. The first-order chi connectivity index (χ1) is 11.3. The summed E-state index contributed by atoms with van der Waals surface area (Å²) in [6.45, 7) is 3.96. The topological polar surface area (TPSA) is 34.1 Å². The van der Waals surface area contributed by atoms with Gasteiger partial charge in [-0.1, -0.05) is 45.4 Å². The lowest BCUT2D eigenvalue weighted by Gasteiger charge is -2.28. The second-order valence-corrected chi connectivity index (χ2v) is 6.24. The minimum Gasteiger partial charge on any atom is -0.391 e. The number of benzene rings is 2. The molecule has 120 valence electrons. The number of anilines is 1. The van der Waals surface area contributed by atoms with Crippen LogP contribution >= 0.6 is 15.9 Å². The Kier molecular flexibility index (Phi) is 5.66. The maximum Gasteiger partial charge on any atom is 0.142 e. The third-order valence-electron chi connectivity index (χ3n) is 3.69. The summed E-state index contributed by atoms with van der Waals surface area (Å²) in [5.41, 5.74) is 3.34. The van der Waals surface area contributed by atoms with Gasteiger partial charge in [0.2, 0.25) is 0 Å². The Balaban J connectivity index is 1.50. The molecule has 0 radical (unpaired) electrons. The number of oxime groups is 1. The van der Waals surface area contributed by atoms with E-state index in [1.807, 2.05) is 24.3 Å². The van der Waals surface area contributed by atoms with E-state index in [4.69, 9.17) is 9.57 Å². The molecule has 0 saturated carbocycles. The van der Waals surface area contributed by atoms with E-state index >= 15 is 0 Å². The minimum absolute atomic E-state index is 0.468. The predicted molar refractivity (Wildman–Crippen MR) is 96.0 cm³/mol. The van der Waals surface area contributed by atoms with Crippen molar-refractivity contribution in [1.82, 2.24) is 0 Å². The average Bonchev–Trinajstić information content (AvgIpc) is 2.62. The zero-order chi connectivity index (χ0) is 15.9. The molecule has 4 nitrogen and oxygen atoms in total. The monoisotopic (exact) mass is 374 g/mol. The van der Waals surface area contributed by atoms with Gasteiger partial charge in [-0.05, 0) is 35.4 Å². The Labute approximate surface area is 144 Å². The molecule has 0 amide bonds. The Hall–Kier alpha value is -1.85. The number of morpholine rings is 1. The molecular weight excluding hydrogens is 356 g/mol. The van der Waals surface area contributed by atoms with Crippen molar-refractivity contribution in [2.45, 2.75) is 6.61 Å². The van der Waals surface area contributed by atoms with Gasteiger partial charge in [-0.2, -0.15) is 0 Å². The van der Waals surface area contributed by atoms with Gasteiger partial charge in [-0.3, -0.25) is 0 Å². The summed E-state index contributed by atoms with van der Waals surface area (Å²) >= 11 is 3.41. The van der Waals surface area contributed by atoms with Crippen LogP contribution < -0.4 is 4.90 Å². The summed E-state index contributed by atoms with van der Waals surface area (Å²) in [4.78, 5) is 7.67. The molecular formula is C18H19BrN2O2. The van der Waals surface area contributed by atoms with Crippen LogP contribution in [0.1, 0.15) is 11.1 Å². The van der Waals surface area contributed by atoms with E-state index in [0.29, 0.717) is 6.61 Å². The van der Waals surface area contributed by atoms with E-state index in [9.17, 15) is 0 Å². The fraction of sp³-hybridized carbons (Fsp3) is 0.278. The molecule has 0 aromatic heterocycles. The van der Waals surface area contributed by atoms with Gasteiger partial charge in [0.1, 0.15) is 6.61 Å². The van der Waals surface area contributed by atoms with E-state index in [1.54, 1.807) is 6.21 Å². The van der Waals surface area contributed by atoms with Gasteiger partial charge in [-0.25, -0.2) is 0 Å². The lowest BCUT2D eigenvalue weighted by molar-refractivity contribution is 0.122. The molecule has 0 N–H and O–H groups in total. The van der Waals surface area contributed by atoms with Crippen LogP contribution in [0.2, 0.25) is 0 Å². The number of hydrogen-bond donors (Lipinski definition) is 0. The Morgan fingerprint density at radius 1 is 1.04 bits per heavy atom. The van der Waals surface area contributed by atoms with Crippen molar-refractivity contribution in [3.8, 4) is 0 Å². The maximum absolute atomic E-state index is 5.37. The average molecular weight is 375 g/mol. The number of nitrogens with zero attached hydrogens (tertiary/aromatic N) is 2. The Morgan fingerprint density at radius 2 is 1.74 bits per heavy atom. The molecule has 0 atom stereocenters. The quantitative estimate of drug-likeness (QED) is 0.588. The highest BCUT2D eigenvalue weighted by molar-refractivity contribution is 9.10. The first-order valence-electron chi connectivity index (χ1n) is 7.64. The van der Waals surface area contributed by atoms with Crippen LogP contribution in [0, 0.1) is 0 Å². The summed E-state index contributed by atoms with van der Waals surface area (Å²) in [6, 6.07) is 16.3. The third kappa shape index (κ3) is 4.81. The van der Waals surface area contributed by atoms with Gasteiger partial charge >= 0.3 is 0 Å². The summed E-state index contributed by atoms with van der Waals surface area (Å²) in [5.74, 6) is 0. The first-order valence-corrected chi connectivity index (χ1v) is 8.43. The molecule has 0 unspecified atom stereocenters. The Bertz CT molecular complexity index is 635. The Morgan fingerprint density at radius 3 is 2.43 bits per heavy atom. The van der Waals surface area contributed by atoms with Gasteiger partial charge in [-0.15, -0.1) is 0 Å². The SMILES string of the molecule is Brc1ccc(CON=Cc2ccc(N3CCOCC3)cc2)cc1. The van der Waals surface area contributed by atoms with Gasteiger partial charge < -0.3 is 14.5 Å². The van der Waals surface area contributed by atoms with Crippen LogP contribution in [-0.2, 0) is 16.2 Å². The van der Waals surface area contributed by atoms with Crippen LogP contribution in [0.5, 0.6) is 0 Å². The van der Waals surface area contributed by atoms with Crippen LogP contribution in [0.25, 0.3) is 0 Å². The summed E-state index contributed by atoms with van der Waals surface area (Å²) < 4.78 is 6.43. The van der Waals surface area contributed by atoms with Crippen molar-refractivity contribution in [3.05, 3.63) is 64.1 Å². The van der Waals surface area contributed by atoms with Gasteiger partial charge in [0.25, 0.3) is 0 Å². The van der Waals surface area contributed by atoms with Gasteiger partial charge in [0.15, 0.2) is 0 Å². The van der Waals surface area contributed by atoms with E-state index in [1.165, 1.54) is 5.69 Å². The fourth-order valence-corrected chi connectivity index (χ4v) is 2.65. The summed E-state index contributed by atoms with van der Waals surface area (Å²) in [7, 11) is 0. The van der Waals surface area contributed by atoms with E-state index in [0.717, 1.165) is 41.9 Å². The van der Waals surface area contributed by atoms with Crippen molar-refractivity contribution < 1.29 is 9.57 Å². The highest BCUT2D eigenvalue weighted by atomic mass is 79.9. The van der Waals surface area contributed by atoms with Crippen LogP contribution in [0.15, 0.2) is 58.2 Å². The van der Waals surface area contributed by atoms with Crippen LogP contribution in [0.3, 0.4) is 0 Å². The van der Waals surface area contributed by atoms with E-state index < -0.39 is 0 Å². The van der Waals surface area contributed by atoms with Crippen molar-refractivity contribution in [2.75, 3.05) is 31.2 Å². The molecule has 3 rings (SSSR count). The molecule has 5 heteroatoms. The zero-order valence-corrected chi connectivity index (χ0v) is 14.4. The second kappa shape index (κ2) is 8.13. The van der Waals surface area contributed by atoms with Gasteiger partial charge in [0.05, 0.1) is 19.4 Å².